The molecule has 1 saturated heterocycles. The molecule has 1 rings (SSSR count). The molecule has 0 aromatic rings. The van der Waals surface area contributed by atoms with Crippen LogP contribution in [0.1, 0.15) is 47.0 Å². The van der Waals surface area contributed by atoms with Crippen LogP contribution in [0.5, 0.6) is 0 Å². The third-order valence-corrected chi connectivity index (χ3v) is 3.80. The predicted octanol–water partition coefficient (Wildman–Crippen LogP) is 2.27. The summed E-state index contributed by atoms with van der Waals surface area (Å²) in [6.07, 6.45) is 3.00. The van der Waals surface area contributed by atoms with Crippen molar-refractivity contribution in [3.63, 3.8) is 0 Å². The highest BCUT2D eigenvalue weighted by atomic mass is 16.2. The lowest BCUT2D eigenvalue weighted by Crippen LogP contribution is -2.41. The first-order chi connectivity index (χ1) is 8.08. The first-order valence-electron chi connectivity index (χ1n) is 7.09. The van der Waals surface area contributed by atoms with E-state index in [1.165, 1.54) is 0 Å². The zero-order chi connectivity index (χ0) is 12.8. The standard InChI is InChI=1S/C14H28N2O/c1-5-7-15-13(6-2)10-16-9-12(11(3)4)8-14(16)17/h11-13,15H,5-10H2,1-4H3. The summed E-state index contributed by atoms with van der Waals surface area (Å²) < 4.78 is 0. The number of likely N-dealkylation sites (tertiary alicyclic amines) is 1. The minimum Gasteiger partial charge on any atom is -0.341 e. The molecule has 0 radical (unpaired) electrons. The third kappa shape index (κ3) is 4.30. The minimum atomic E-state index is 0.348. The topological polar surface area (TPSA) is 32.3 Å². The summed E-state index contributed by atoms with van der Waals surface area (Å²) in [5.41, 5.74) is 0. The monoisotopic (exact) mass is 240 g/mol. The molecule has 3 nitrogen and oxygen atoms in total. The maximum atomic E-state index is 11.9. The number of rotatable bonds is 7. The zero-order valence-electron chi connectivity index (χ0n) is 11.8. The Morgan fingerprint density at radius 2 is 2.12 bits per heavy atom. The Hall–Kier alpha value is -0.570. The number of amides is 1. The van der Waals surface area contributed by atoms with E-state index in [1.807, 2.05) is 0 Å². The molecule has 0 spiro atoms. The minimum absolute atomic E-state index is 0.348. The molecule has 0 saturated carbocycles. The summed E-state index contributed by atoms with van der Waals surface area (Å²) in [7, 11) is 0. The molecule has 0 bridgehead atoms. The third-order valence-electron chi connectivity index (χ3n) is 3.80. The van der Waals surface area contributed by atoms with Crippen molar-refractivity contribution in [3.8, 4) is 0 Å². The normalized spacial score (nSPS) is 22.5. The number of carbonyl (C=O) groups is 1. The van der Waals surface area contributed by atoms with Gasteiger partial charge in [-0.05, 0) is 31.2 Å². The van der Waals surface area contributed by atoms with Gasteiger partial charge in [0, 0.05) is 25.6 Å². The first-order valence-corrected chi connectivity index (χ1v) is 7.09. The van der Waals surface area contributed by atoms with Crippen molar-refractivity contribution in [3.05, 3.63) is 0 Å². The van der Waals surface area contributed by atoms with Crippen molar-refractivity contribution < 1.29 is 4.79 Å². The highest BCUT2D eigenvalue weighted by Gasteiger charge is 2.32. The summed E-state index contributed by atoms with van der Waals surface area (Å²) in [4.78, 5) is 14.0. The molecule has 1 heterocycles. The molecule has 0 aliphatic carbocycles. The van der Waals surface area contributed by atoms with Crippen LogP contribution in [-0.2, 0) is 4.79 Å². The van der Waals surface area contributed by atoms with Crippen LogP contribution in [0.2, 0.25) is 0 Å². The molecule has 1 N–H and O–H groups in total. The van der Waals surface area contributed by atoms with E-state index in [0.717, 1.165) is 38.9 Å². The van der Waals surface area contributed by atoms with Crippen molar-refractivity contribution in [1.29, 1.82) is 0 Å². The van der Waals surface area contributed by atoms with Crippen molar-refractivity contribution in [1.82, 2.24) is 10.2 Å². The van der Waals surface area contributed by atoms with E-state index in [1.54, 1.807) is 0 Å². The van der Waals surface area contributed by atoms with Crippen LogP contribution in [0, 0.1) is 11.8 Å². The molecule has 2 unspecified atom stereocenters. The highest BCUT2D eigenvalue weighted by molar-refractivity contribution is 5.78. The first kappa shape index (κ1) is 14.5. The lowest BCUT2D eigenvalue weighted by molar-refractivity contribution is -0.128. The molecule has 3 heteroatoms. The molecule has 100 valence electrons. The van der Waals surface area contributed by atoms with E-state index < -0.39 is 0 Å². The van der Waals surface area contributed by atoms with Crippen molar-refractivity contribution in [2.45, 2.75) is 53.0 Å². The van der Waals surface area contributed by atoms with Crippen molar-refractivity contribution in [2.75, 3.05) is 19.6 Å². The SMILES string of the molecule is CCCNC(CC)CN1CC(C(C)C)CC1=O. The molecule has 2 atom stereocenters. The van der Waals surface area contributed by atoms with Gasteiger partial charge in [0.25, 0.3) is 0 Å². The lowest BCUT2D eigenvalue weighted by Gasteiger charge is -2.24. The smallest absolute Gasteiger partial charge is 0.222 e. The van der Waals surface area contributed by atoms with Crippen LogP contribution in [0.3, 0.4) is 0 Å². The van der Waals surface area contributed by atoms with Gasteiger partial charge in [0.15, 0.2) is 0 Å². The van der Waals surface area contributed by atoms with E-state index in [-0.39, 0.29) is 0 Å². The molecule has 0 aromatic carbocycles. The fourth-order valence-corrected chi connectivity index (χ4v) is 2.38. The Balaban J connectivity index is 2.42. The molecule has 17 heavy (non-hydrogen) atoms. The number of nitrogens with one attached hydrogen (secondary N) is 1. The number of nitrogens with zero attached hydrogens (tertiary/aromatic N) is 1. The van der Waals surface area contributed by atoms with E-state index in [2.05, 4.69) is 37.9 Å². The van der Waals surface area contributed by atoms with Crippen LogP contribution in [0.25, 0.3) is 0 Å². The van der Waals surface area contributed by atoms with Gasteiger partial charge in [-0.3, -0.25) is 4.79 Å². The average Bonchev–Trinajstić information content (AvgIpc) is 2.66. The van der Waals surface area contributed by atoms with Gasteiger partial charge in [0.1, 0.15) is 0 Å². The van der Waals surface area contributed by atoms with E-state index in [4.69, 9.17) is 0 Å². The zero-order valence-corrected chi connectivity index (χ0v) is 11.8. The molecule has 1 amide bonds. The highest BCUT2D eigenvalue weighted by Crippen LogP contribution is 2.24. The molecular weight excluding hydrogens is 212 g/mol. The van der Waals surface area contributed by atoms with Gasteiger partial charge in [0.05, 0.1) is 0 Å². The largest absolute Gasteiger partial charge is 0.341 e. The van der Waals surface area contributed by atoms with Gasteiger partial charge >= 0.3 is 0 Å². The predicted molar refractivity (Wildman–Crippen MR) is 71.9 cm³/mol. The van der Waals surface area contributed by atoms with Crippen LogP contribution in [-0.4, -0.2) is 36.5 Å². The van der Waals surface area contributed by atoms with Crippen LogP contribution in [0.4, 0.5) is 0 Å². The molecule has 1 aliphatic heterocycles. The second-order valence-corrected chi connectivity index (χ2v) is 5.57. The fourth-order valence-electron chi connectivity index (χ4n) is 2.38. The van der Waals surface area contributed by atoms with Gasteiger partial charge in [-0.1, -0.05) is 27.7 Å². The van der Waals surface area contributed by atoms with Crippen LogP contribution >= 0.6 is 0 Å². The van der Waals surface area contributed by atoms with Gasteiger partial charge in [-0.15, -0.1) is 0 Å². The number of carbonyl (C=O) groups excluding carboxylic acids is 1. The second kappa shape index (κ2) is 7.00. The lowest BCUT2D eigenvalue weighted by atomic mass is 9.95. The van der Waals surface area contributed by atoms with E-state index >= 15 is 0 Å². The molecule has 1 fully saturated rings. The Morgan fingerprint density at radius 3 is 2.59 bits per heavy atom. The Labute approximate surface area is 106 Å². The summed E-state index contributed by atoms with van der Waals surface area (Å²) in [5.74, 6) is 1.53. The maximum Gasteiger partial charge on any atom is 0.222 e. The van der Waals surface area contributed by atoms with Gasteiger partial charge in [0.2, 0.25) is 5.91 Å². The Kier molecular flexibility index (Phi) is 5.96. The molecule has 1 aliphatic rings. The summed E-state index contributed by atoms with van der Waals surface area (Å²) >= 11 is 0. The van der Waals surface area contributed by atoms with E-state index in [9.17, 15) is 4.79 Å². The van der Waals surface area contributed by atoms with E-state index in [0.29, 0.717) is 23.8 Å². The number of hydrogen-bond acceptors (Lipinski definition) is 2. The van der Waals surface area contributed by atoms with Gasteiger partial charge in [-0.2, -0.15) is 0 Å². The van der Waals surface area contributed by atoms with Crippen LogP contribution < -0.4 is 5.32 Å². The Morgan fingerprint density at radius 1 is 1.41 bits per heavy atom. The fraction of sp³-hybridized carbons (Fsp3) is 0.929. The quantitative estimate of drug-likeness (QED) is 0.740. The molecular formula is C14H28N2O. The number of hydrogen-bond donors (Lipinski definition) is 1. The summed E-state index contributed by atoms with van der Waals surface area (Å²) in [6, 6.07) is 0.463. The average molecular weight is 240 g/mol. The Bertz CT molecular complexity index is 240. The van der Waals surface area contributed by atoms with Gasteiger partial charge < -0.3 is 10.2 Å². The molecule has 0 aromatic heterocycles. The van der Waals surface area contributed by atoms with Crippen molar-refractivity contribution in [2.24, 2.45) is 11.8 Å². The second-order valence-electron chi connectivity index (χ2n) is 5.57. The maximum absolute atomic E-state index is 11.9. The summed E-state index contributed by atoms with van der Waals surface area (Å²) in [5, 5.41) is 3.52. The van der Waals surface area contributed by atoms with Gasteiger partial charge in [-0.25, -0.2) is 0 Å². The summed E-state index contributed by atoms with van der Waals surface area (Å²) in [6.45, 7) is 11.7. The van der Waals surface area contributed by atoms with Crippen LogP contribution in [0.15, 0.2) is 0 Å². The van der Waals surface area contributed by atoms with Crippen molar-refractivity contribution >= 4 is 5.91 Å².